The van der Waals surface area contributed by atoms with Crippen LogP contribution in [0.25, 0.3) is 23.0 Å². The van der Waals surface area contributed by atoms with Crippen molar-refractivity contribution in [2.45, 2.75) is 13.5 Å². The summed E-state index contributed by atoms with van der Waals surface area (Å²) in [6.45, 7) is 2.19. The third-order valence-corrected chi connectivity index (χ3v) is 3.33. The van der Waals surface area contributed by atoms with Gasteiger partial charge in [0, 0.05) is 20.3 Å². The highest BCUT2D eigenvalue weighted by atomic mass is 16.3. The van der Waals surface area contributed by atoms with Crippen LogP contribution in [0.5, 0.6) is 0 Å². The summed E-state index contributed by atoms with van der Waals surface area (Å²) in [5.74, 6) is 2.28. The van der Waals surface area contributed by atoms with E-state index in [1.165, 1.54) is 0 Å². The van der Waals surface area contributed by atoms with Crippen LogP contribution in [-0.2, 0) is 6.54 Å². The summed E-state index contributed by atoms with van der Waals surface area (Å²) in [4.78, 5) is 15.2. The standard InChI is InChI=1S/C15H18N6O2/c1-10-11(9-16-15(17-10)20(2)3)14-18-13(12-5-4-8-23-12)19-21(14)6-7-22/h4-5,8-9,22H,6-7H2,1-3H3. The fraction of sp³-hybridized carbons (Fsp3) is 0.333. The van der Waals surface area contributed by atoms with Crippen molar-refractivity contribution in [1.82, 2.24) is 24.7 Å². The molecule has 3 heterocycles. The molecule has 0 radical (unpaired) electrons. The zero-order valence-corrected chi connectivity index (χ0v) is 13.3. The highest BCUT2D eigenvalue weighted by Gasteiger charge is 2.18. The maximum atomic E-state index is 9.27. The van der Waals surface area contributed by atoms with Gasteiger partial charge in [0.25, 0.3) is 0 Å². The minimum atomic E-state index is -0.0381. The van der Waals surface area contributed by atoms with Gasteiger partial charge in [-0.1, -0.05) is 0 Å². The van der Waals surface area contributed by atoms with Crippen LogP contribution in [0.1, 0.15) is 5.69 Å². The van der Waals surface area contributed by atoms with E-state index >= 15 is 0 Å². The van der Waals surface area contributed by atoms with Crippen molar-refractivity contribution in [2.24, 2.45) is 0 Å². The first-order chi connectivity index (χ1) is 11.1. The molecule has 0 aliphatic heterocycles. The summed E-state index contributed by atoms with van der Waals surface area (Å²) in [5.41, 5.74) is 1.57. The highest BCUT2D eigenvalue weighted by molar-refractivity contribution is 5.61. The van der Waals surface area contributed by atoms with Gasteiger partial charge in [-0.3, -0.25) is 0 Å². The Kier molecular flexibility index (Phi) is 4.07. The van der Waals surface area contributed by atoms with Crippen LogP contribution in [0.2, 0.25) is 0 Å². The van der Waals surface area contributed by atoms with E-state index < -0.39 is 0 Å². The van der Waals surface area contributed by atoms with Gasteiger partial charge in [-0.05, 0) is 19.1 Å². The lowest BCUT2D eigenvalue weighted by Crippen LogP contribution is -2.14. The SMILES string of the molecule is Cc1nc(N(C)C)ncc1-c1nc(-c2ccco2)nn1CCO. The predicted octanol–water partition coefficient (Wildman–Crippen LogP) is 1.36. The van der Waals surface area contributed by atoms with Gasteiger partial charge in [-0.15, -0.1) is 5.10 Å². The zero-order chi connectivity index (χ0) is 16.4. The van der Waals surface area contributed by atoms with E-state index in [0.29, 0.717) is 29.9 Å². The molecule has 0 fully saturated rings. The van der Waals surface area contributed by atoms with Crippen molar-refractivity contribution in [3.63, 3.8) is 0 Å². The molecule has 0 bridgehead atoms. The fourth-order valence-corrected chi connectivity index (χ4v) is 2.19. The number of aliphatic hydroxyl groups is 1. The number of hydrogen-bond donors (Lipinski definition) is 1. The second kappa shape index (κ2) is 6.17. The summed E-state index contributed by atoms with van der Waals surface area (Å²) in [6, 6.07) is 3.57. The molecule has 3 aromatic heterocycles. The van der Waals surface area contributed by atoms with Gasteiger partial charge in [0.1, 0.15) is 0 Å². The molecular weight excluding hydrogens is 296 g/mol. The number of aromatic nitrogens is 5. The van der Waals surface area contributed by atoms with Crippen LogP contribution in [0.4, 0.5) is 5.95 Å². The van der Waals surface area contributed by atoms with Gasteiger partial charge >= 0.3 is 0 Å². The van der Waals surface area contributed by atoms with E-state index in [4.69, 9.17) is 4.42 Å². The molecule has 8 nitrogen and oxygen atoms in total. The van der Waals surface area contributed by atoms with Crippen LogP contribution < -0.4 is 4.90 Å². The first-order valence-corrected chi connectivity index (χ1v) is 7.21. The number of nitrogens with zero attached hydrogens (tertiary/aromatic N) is 6. The minimum Gasteiger partial charge on any atom is -0.461 e. The summed E-state index contributed by atoms with van der Waals surface area (Å²) in [7, 11) is 3.77. The Morgan fingerprint density at radius 1 is 1.30 bits per heavy atom. The van der Waals surface area contributed by atoms with Gasteiger partial charge in [0.05, 0.1) is 30.7 Å². The van der Waals surface area contributed by atoms with E-state index in [1.54, 1.807) is 29.3 Å². The number of hydrogen-bond acceptors (Lipinski definition) is 7. The van der Waals surface area contributed by atoms with Crippen molar-refractivity contribution in [3.8, 4) is 23.0 Å². The molecule has 8 heteroatoms. The van der Waals surface area contributed by atoms with Crippen LogP contribution in [0.3, 0.4) is 0 Å². The second-order valence-corrected chi connectivity index (χ2v) is 5.25. The molecule has 0 saturated carbocycles. The van der Waals surface area contributed by atoms with E-state index in [2.05, 4.69) is 20.1 Å². The predicted molar refractivity (Wildman–Crippen MR) is 84.9 cm³/mol. The highest BCUT2D eigenvalue weighted by Crippen LogP contribution is 2.25. The van der Waals surface area contributed by atoms with E-state index in [9.17, 15) is 5.11 Å². The van der Waals surface area contributed by atoms with Crippen LogP contribution >= 0.6 is 0 Å². The summed E-state index contributed by atoms with van der Waals surface area (Å²) in [5, 5.41) is 13.7. The van der Waals surface area contributed by atoms with Crippen molar-refractivity contribution >= 4 is 5.95 Å². The van der Waals surface area contributed by atoms with Gasteiger partial charge in [-0.2, -0.15) is 0 Å². The quantitative estimate of drug-likeness (QED) is 0.760. The van der Waals surface area contributed by atoms with Gasteiger partial charge < -0.3 is 14.4 Å². The number of aryl methyl sites for hydroxylation is 1. The first kappa shape index (κ1) is 15.2. The van der Waals surface area contributed by atoms with Crippen molar-refractivity contribution in [2.75, 3.05) is 25.6 Å². The molecule has 0 spiro atoms. The molecule has 0 saturated heterocycles. The Labute approximate surface area is 133 Å². The minimum absolute atomic E-state index is 0.0381. The summed E-state index contributed by atoms with van der Waals surface area (Å²) in [6.07, 6.45) is 3.30. The molecule has 0 amide bonds. The molecule has 3 aromatic rings. The Morgan fingerprint density at radius 3 is 2.74 bits per heavy atom. The topological polar surface area (TPSA) is 93.1 Å². The lowest BCUT2D eigenvalue weighted by atomic mass is 10.2. The lowest BCUT2D eigenvalue weighted by molar-refractivity contribution is 0.270. The van der Waals surface area contributed by atoms with Gasteiger partial charge in [0.15, 0.2) is 11.6 Å². The molecule has 0 aliphatic rings. The average Bonchev–Trinajstić information content (AvgIpc) is 3.17. The molecule has 0 unspecified atom stereocenters. The van der Waals surface area contributed by atoms with E-state index in [-0.39, 0.29) is 6.61 Å². The van der Waals surface area contributed by atoms with Crippen LogP contribution in [-0.4, -0.2) is 50.5 Å². The fourth-order valence-electron chi connectivity index (χ4n) is 2.19. The van der Waals surface area contributed by atoms with E-state index in [1.807, 2.05) is 25.9 Å². The molecule has 3 rings (SSSR count). The van der Waals surface area contributed by atoms with Crippen molar-refractivity contribution < 1.29 is 9.52 Å². The Morgan fingerprint density at radius 2 is 2.13 bits per heavy atom. The zero-order valence-electron chi connectivity index (χ0n) is 13.3. The molecule has 0 atom stereocenters. The number of furan rings is 1. The Hall–Kier alpha value is -2.74. The largest absolute Gasteiger partial charge is 0.461 e. The van der Waals surface area contributed by atoms with Crippen molar-refractivity contribution in [1.29, 1.82) is 0 Å². The molecular formula is C15H18N6O2. The lowest BCUT2D eigenvalue weighted by Gasteiger charge is -2.12. The normalized spacial score (nSPS) is 11.0. The maximum absolute atomic E-state index is 9.27. The van der Waals surface area contributed by atoms with Crippen LogP contribution in [0.15, 0.2) is 29.0 Å². The number of anilines is 1. The van der Waals surface area contributed by atoms with Gasteiger partial charge in [-0.25, -0.2) is 19.6 Å². The smallest absolute Gasteiger partial charge is 0.225 e. The Balaban J connectivity index is 2.08. The Bertz CT molecular complexity index is 794. The van der Waals surface area contributed by atoms with Crippen molar-refractivity contribution in [3.05, 3.63) is 30.3 Å². The average molecular weight is 314 g/mol. The van der Waals surface area contributed by atoms with Crippen LogP contribution in [0, 0.1) is 6.92 Å². The third-order valence-electron chi connectivity index (χ3n) is 3.33. The summed E-state index contributed by atoms with van der Waals surface area (Å²) >= 11 is 0. The molecule has 23 heavy (non-hydrogen) atoms. The molecule has 1 N–H and O–H groups in total. The summed E-state index contributed by atoms with van der Waals surface area (Å²) < 4.78 is 6.98. The molecule has 0 aliphatic carbocycles. The first-order valence-electron chi connectivity index (χ1n) is 7.21. The van der Waals surface area contributed by atoms with E-state index in [0.717, 1.165) is 11.3 Å². The molecule has 120 valence electrons. The monoisotopic (exact) mass is 314 g/mol. The maximum Gasteiger partial charge on any atom is 0.225 e. The number of aliphatic hydroxyl groups excluding tert-OH is 1. The third kappa shape index (κ3) is 2.93. The van der Waals surface area contributed by atoms with Gasteiger partial charge in [0.2, 0.25) is 11.8 Å². The second-order valence-electron chi connectivity index (χ2n) is 5.25. The molecule has 0 aromatic carbocycles. The number of rotatable bonds is 5.